The Bertz CT molecular complexity index is 900. The zero-order valence-corrected chi connectivity index (χ0v) is 11.3. The molecule has 0 aliphatic carbocycles. The molecule has 0 aliphatic rings. The fourth-order valence-electron chi connectivity index (χ4n) is 2.45. The molecule has 20 heavy (non-hydrogen) atoms. The first-order valence-corrected chi connectivity index (χ1v) is 6.51. The first kappa shape index (κ1) is 11.2. The molecule has 4 nitrogen and oxygen atoms in total. The lowest BCUT2D eigenvalue weighted by atomic mass is 10.2. The topological polar surface area (TPSA) is 43.9 Å². The maximum Gasteiger partial charge on any atom is 0.227 e. The van der Waals surface area contributed by atoms with E-state index in [0.717, 1.165) is 33.5 Å². The Hall–Kier alpha value is -2.62. The van der Waals surface area contributed by atoms with Gasteiger partial charge in [-0.25, -0.2) is 9.97 Å². The summed E-state index contributed by atoms with van der Waals surface area (Å²) < 4.78 is 7.87. The van der Waals surface area contributed by atoms with Gasteiger partial charge in [0.1, 0.15) is 11.3 Å². The lowest BCUT2D eigenvalue weighted by Crippen LogP contribution is -1.89. The van der Waals surface area contributed by atoms with Gasteiger partial charge in [0, 0.05) is 12.6 Å². The Morgan fingerprint density at radius 3 is 2.70 bits per heavy atom. The molecule has 4 rings (SSSR count). The molecule has 0 aliphatic heterocycles. The molecule has 0 N–H and O–H groups in total. The van der Waals surface area contributed by atoms with Gasteiger partial charge in [0.15, 0.2) is 5.58 Å². The smallest absolute Gasteiger partial charge is 0.227 e. The van der Waals surface area contributed by atoms with Crippen molar-refractivity contribution >= 4 is 22.1 Å². The van der Waals surface area contributed by atoms with Gasteiger partial charge in [-0.2, -0.15) is 0 Å². The van der Waals surface area contributed by atoms with Gasteiger partial charge in [-0.05, 0) is 37.3 Å². The van der Waals surface area contributed by atoms with Crippen molar-refractivity contribution < 1.29 is 4.42 Å². The molecule has 0 spiro atoms. The largest absolute Gasteiger partial charge is 0.436 e. The Kier molecular flexibility index (Phi) is 2.21. The molecular weight excluding hydrogens is 250 g/mol. The second kappa shape index (κ2) is 3.93. The zero-order valence-electron chi connectivity index (χ0n) is 11.3. The number of oxazole rings is 1. The number of hydrogen-bond acceptors (Lipinski definition) is 3. The summed E-state index contributed by atoms with van der Waals surface area (Å²) in [6.45, 7) is 2.00. The average Bonchev–Trinajstić information content (AvgIpc) is 3.01. The van der Waals surface area contributed by atoms with Gasteiger partial charge in [-0.3, -0.25) is 0 Å². The lowest BCUT2D eigenvalue weighted by molar-refractivity contribution is 0.620. The van der Waals surface area contributed by atoms with Crippen LogP contribution in [0.2, 0.25) is 0 Å². The molecule has 0 amide bonds. The number of hydrogen-bond donors (Lipinski definition) is 0. The highest BCUT2D eigenvalue weighted by atomic mass is 16.3. The van der Waals surface area contributed by atoms with Crippen molar-refractivity contribution in [3.63, 3.8) is 0 Å². The molecular formula is C16H13N3O. The van der Waals surface area contributed by atoms with E-state index in [-0.39, 0.29) is 0 Å². The molecule has 0 unspecified atom stereocenters. The first-order chi connectivity index (χ1) is 9.72. The van der Waals surface area contributed by atoms with E-state index in [1.807, 2.05) is 50.4 Å². The van der Waals surface area contributed by atoms with Crippen molar-refractivity contribution in [3.8, 4) is 11.5 Å². The monoisotopic (exact) mass is 263 g/mol. The Morgan fingerprint density at radius 2 is 1.85 bits per heavy atom. The Labute approximate surface area is 115 Å². The number of imidazole rings is 1. The van der Waals surface area contributed by atoms with E-state index in [0.29, 0.717) is 5.89 Å². The normalized spacial score (nSPS) is 11.5. The first-order valence-electron chi connectivity index (χ1n) is 6.51. The molecule has 2 aromatic heterocycles. The van der Waals surface area contributed by atoms with Gasteiger partial charge in [0.2, 0.25) is 5.89 Å². The fraction of sp³-hybridized carbons (Fsp3) is 0.125. The highest BCUT2D eigenvalue weighted by Gasteiger charge is 2.10. The molecule has 0 fully saturated rings. The van der Waals surface area contributed by atoms with Crippen LogP contribution >= 0.6 is 0 Å². The quantitative estimate of drug-likeness (QED) is 0.526. The average molecular weight is 263 g/mol. The lowest BCUT2D eigenvalue weighted by Gasteiger charge is -1.97. The molecule has 0 radical (unpaired) electrons. The summed E-state index contributed by atoms with van der Waals surface area (Å²) in [5.41, 5.74) is 4.71. The van der Waals surface area contributed by atoms with Crippen LogP contribution in [0.25, 0.3) is 33.6 Å². The second-order valence-electron chi connectivity index (χ2n) is 4.91. The summed E-state index contributed by atoms with van der Waals surface area (Å²) in [6, 6.07) is 13.9. The van der Waals surface area contributed by atoms with Crippen LogP contribution in [-0.4, -0.2) is 14.5 Å². The van der Waals surface area contributed by atoms with Crippen LogP contribution in [0.1, 0.15) is 5.82 Å². The third kappa shape index (κ3) is 1.54. The molecule has 4 aromatic rings. The summed E-state index contributed by atoms with van der Waals surface area (Å²) >= 11 is 0. The van der Waals surface area contributed by atoms with Crippen LogP contribution < -0.4 is 0 Å². The van der Waals surface area contributed by atoms with Gasteiger partial charge in [-0.1, -0.05) is 12.1 Å². The second-order valence-corrected chi connectivity index (χ2v) is 4.91. The SMILES string of the molecule is Cc1nc2cc(-c3nc4ccccc4o3)ccc2n1C. The molecule has 4 heteroatoms. The van der Waals surface area contributed by atoms with Crippen molar-refractivity contribution in [3.05, 3.63) is 48.3 Å². The van der Waals surface area contributed by atoms with E-state index in [4.69, 9.17) is 4.42 Å². The van der Waals surface area contributed by atoms with Crippen LogP contribution in [-0.2, 0) is 7.05 Å². The summed E-state index contributed by atoms with van der Waals surface area (Å²) in [6.07, 6.45) is 0. The third-order valence-corrected chi connectivity index (χ3v) is 3.65. The van der Waals surface area contributed by atoms with Gasteiger partial charge < -0.3 is 8.98 Å². The maximum absolute atomic E-state index is 5.79. The van der Waals surface area contributed by atoms with Crippen LogP contribution in [0, 0.1) is 6.92 Å². The van der Waals surface area contributed by atoms with Crippen LogP contribution in [0.4, 0.5) is 0 Å². The fourth-order valence-corrected chi connectivity index (χ4v) is 2.45. The van der Waals surface area contributed by atoms with Gasteiger partial charge >= 0.3 is 0 Å². The van der Waals surface area contributed by atoms with Gasteiger partial charge in [-0.15, -0.1) is 0 Å². The minimum absolute atomic E-state index is 0.636. The Balaban J connectivity index is 1.92. The summed E-state index contributed by atoms with van der Waals surface area (Å²) in [7, 11) is 2.02. The standard InChI is InChI=1S/C16H13N3O/c1-10-17-13-9-11(7-8-14(13)19(10)2)16-18-12-5-3-4-6-15(12)20-16/h3-9H,1-2H3. The molecule has 0 saturated carbocycles. The highest BCUT2D eigenvalue weighted by Crippen LogP contribution is 2.27. The minimum Gasteiger partial charge on any atom is -0.436 e. The zero-order chi connectivity index (χ0) is 13.7. The van der Waals surface area contributed by atoms with E-state index in [2.05, 4.69) is 20.6 Å². The van der Waals surface area contributed by atoms with Crippen molar-refractivity contribution in [2.45, 2.75) is 6.92 Å². The number of aromatic nitrogens is 3. The summed E-state index contributed by atoms with van der Waals surface area (Å²) in [5.74, 6) is 1.63. The van der Waals surface area contributed by atoms with E-state index < -0.39 is 0 Å². The molecule has 0 saturated heterocycles. The number of nitrogens with zero attached hydrogens (tertiary/aromatic N) is 3. The predicted molar refractivity (Wildman–Crippen MR) is 78.5 cm³/mol. The number of fused-ring (bicyclic) bond motifs is 2. The number of rotatable bonds is 1. The molecule has 0 bridgehead atoms. The number of para-hydroxylation sites is 2. The Morgan fingerprint density at radius 1 is 1.00 bits per heavy atom. The van der Waals surface area contributed by atoms with E-state index in [9.17, 15) is 0 Å². The maximum atomic E-state index is 5.79. The van der Waals surface area contributed by atoms with Crippen molar-refractivity contribution in [2.24, 2.45) is 7.05 Å². The minimum atomic E-state index is 0.636. The van der Waals surface area contributed by atoms with Crippen LogP contribution in [0.3, 0.4) is 0 Å². The van der Waals surface area contributed by atoms with E-state index >= 15 is 0 Å². The van der Waals surface area contributed by atoms with E-state index in [1.54, 1.807) is 0 Å². The molecule has 2 aromatic carbocycles. The predicted octanol–water partition coefficient (Wildman–Crippen LogP) is 3.69. The molecule has 98 valence electrons. The van der Waals surface area contributed by atoms with Crippen molar-refractivity contribution in [1.29, 1.82) is 0 Å². The van der Waals surface area contributed by atoms with Crippen molar-refractivity contribution in [2.75, 3.05) is 0 Å². The third-order valence-electron chi connectivity index (χ3n) is 3.65. The van der Waals surface area contributed by atoms with E-state index in [1.165, 1.54) is 0 Å². The molecule has 2 heterocycles. The summed E-state index contributed by atoms with van der Waals surface area (Å²) in [5, 5.41) is 0. The molecule has 0 atom stereocenters. The van der Waals surface area contributed by atoms with Crippen LogP contribution in [0.15, 0.2) is 46.9 Å². The van der Waals surface area contributed by atoms with Gasteiger partial charge in [0.05, 0.1) is 11.0 Å². The summed E-state index contributed by atoms with van der Waals surface area (Å²) in [4.78, 5) is 9.06. The van der Waals surface area contributed by atoms with Gasteiger partial charge in [0.25, 0.3) is 0 Å². The van der Waals surface area contributed by atoms with Crippen molar-refractivity contribution in [1.82, 2.24) is 14.5 Å². The number of aryl methyl sites for hydroxylation is 2. The highest BCUT2D eigenvalue weighted by molar-refractivity contribution is 5.83. The van der Waals surface area contributed by atoms with Crippen LogP contribution in [0.5, 0.6) is 0 Å². The number of benzene rings is 2.